The monoisotopic (exact) mass is 424 g/mol. The second-order valence-electron chi connectivity index (χ2n) is 7.25. The third-order valence-electron chi connectivity index (χ3n) is 5.44. The van der Waals surface area contributed by atoms with Gasteiger partial charge in [0, 0.05) is 16.7 Å². The molecule has 0 radical (unpaired) electrons. The van der Waals surface area contributed by atoms with Crippen molar-refractivity contribution >= 4 is 17.1 Å². The Morgan fingerprint density at radius 2 is 1.22 bits per heavy atom. The number of ketones is 1. The van der Waals surface area contributed by atoms with Gasteiger partial charge in [-0.1, -0.05) is 60.7 Å². The normalized spacial score (nSPS) is 13.8. The SMILES string of the molecule is COC1=C/C(=C\C=C(c2ccc(OC)cc2)c2ccc(OC)cc2)C(=O)c2ccccc21. The highest BCUT2D eigenvalue weighted by molar-refractivity contribution is 6.16. The number of ether oxygens (including phenoxy) is 3. The Morgan fingerprint density at radius 3 is 1.72 bits per heavy atom. The zero-order chi connectivity index (χ0) is 22.5. The summed E-state index contributed by atoms with van der Waals surface area (Å²) < 4.78 is 16.1. The molecule has 1 aliphatic carbocycles. The van der Waals surface area contributed by atoms with E-state index >= 15 is 0 Å². The lowest BCUT2D eigenvalue weighted by molar-refractivity contribution is 0.103. The predicted octanol–water partition coefficient (Wildman–Crippen LogP) is 5.95. The molecule has 0 fully saturated rings. The van der Waals surface area contributed by atoms with E-state index in [0.717, 1.165) is 33.8 Å². The Hall–Kier alpha value is -4.05. The van der Waals surface area contributed by atoms with E-state index in [-0.39, 0.29) is 5.78 Å². The van der Waals surface area contributed by atoms with Crippen LogP contribution in [0.15, 0.2) is 96.6 Å². The summed E-state index contributed by atoms with van der Waals surface area (Å²) in [6.07, 6.45) is 5.61. The van der Waals surface area contributed by atoms with Gasteiger partial charge in [0.1, 0.15) is 17.3 Å². The van der Waals surface area contributed by atoms with Gasteiger partial charge in [0.2, 0.25) is 0 Å². The molecule has 0 spiro atoms. The van der Waals surface area contributed by atoms with E-state index in [1.54, 1.807) is 27.4 Å². The van der Waals surface area contributed by atoms with Gasteiger partial charge in [-0.3, -0.25) is 4.79 Å². The highest BCUT2D eigenvalue weighted by Crippen LogP contribution is 2.31. The topological polar surface area (TPSA) is 44.8 Å². The van der Waals surface area contributed by atoms with Crippen LogP contribution in [0.4, 0.5) is 0 Å². The number of Topliss-reactive ketones (excluding diaryl/α,β-unsaturated/α-hetero) is 1. The molecular weight excluding hydrogens is 400 g/mol. The number of benzene rings is 3. The van der Waals surface area contributed by atoms with E-state index in [4.69, 9.17) is 14.2 Å². The average molecular weight is 424 g/mol. The van der Waals surface area contributed by atoms with Crippen LogP contribution < -0.4 is 9.47 Å². The first kappa shape index (κ1) is 21.2. The van der Waals surface area contributed by atoms with E-state index in [9.17, 15) is 4.79 Å². The molecule has 0 unspecified atom stereocenters. The highest BCUT2D eigenvalue weighted by atomic mass is 16.5. The van der Waals surface area contributed by atoms with E-state index in [1.807, 2.05) is 84.9 Å². The maximum absolute atomic E-state index is 13.1. The molecule has 0 bridgehead atoms. The fourth-order valence-corrected chi connectivity index (χ4v) is 3.70. The molecule has 1 aliphatic rings. The first-order valence-electron chi connectivity index (χ1n) is 10.2. The smallest absolute Gasteiger partial charge is 0.193 e. The van der Waals surface area contributed by atoms with Crippen LogP contribution >= 0.6 is 0 Å². The van der Waals surface area contributed by atoms with Gasteiger partial charge in [-0.15, -0.1) is 0 Å². The Balaban J connectivity index is 1.80. The number of methoxy groups -OCH3 is 3. The maximum atomic E-state index is 13.1. The van der Waals surface area contributed by atoms with Gasteiger partial charge in [-0.2, -0.15) is 0 Å². The van der Waals surface area contributed by atoms with Gasteiger partial charge < -0.3 is 14.2 Å². The van der Waals surface area contributed by atoms with Gasteiger partial charge in [-0.25, -0.2) is 0 Å². The lowest BCUT2D eigenvalue weighted by Gasteiger charge is -2.17. The summed E-state index contributed by atoms with van der Waals surface area (Å²) in [6.45, 7) is 0. The summed E-state index contributed by atoms with van der Waals surface area (Å²) in [6, 6.07) is 23.2. The molecule has 0 saturated carbocycles. The van der Waals surface area contributed by atoms with Gasteiger partial charge in [0.25, 0.3) is 0 Å². The van der Waals surface area contributed by atoms with Crippen LogP contribution in [-0.2, 0) is 4.74 Å². The molecule has 0 N–H and O–H groups in total. The first-order valence-corrected chi connectivity index (χ1v) is 10.2. The second-order valence-corrected chi connectivity index (χ2v) is 7.25. The molecule has 3 aromatic carbocycles. The van der Waals surface area contributed by atoms with Crippen molar-refractivity contribution < 1.29 is 19.0 Å². The maximum Gasteiger partial charge on any atom is 0.193 e. The van der Waals surface area contributed by atoms with Crippen LogP contribution in [0.1, 0.15) is 27.0 Å². The molecule has 0 aliphatic heterocycles. The van der Waals surface area contributed by atoms with Crippen molar-refractivity contribution in [3.8, 4) is 11.5 Å². The second kappa shape index (κ2) is 9.40. The zero-order valence-corrected chi connectivity index (χ0v) is 18.3. The molecule has 0 amide bonds. The minimum absolute atomic E-state index is 0.0264. The standard InChI is InChI=1S/C28H24O4/c1-30-22-13-8-19(9-14-22)24(20-10-15-23(31-2)16-11-20)17-12-21-18-27(32-3)25-6-4-5-7-26(25)28(21)29/h4-18H,1-3H3/b21-12+. The number of hydrogen-bond acceptors (Lipinski definition) is 4. The summed E-state index contributed by atoms with van der Waals surface area (Å²) in [4.78, 5) is 13.1. The van der Waals surface area contributed by atoms with Crippen molar-refractivity contribution in [3.05, 3.63) is 119 Å². The molecule has 0 heterocycles. The van der Waals surface area contributed by atoms with Crippen LogP contribution in [0, 0.1) is 0 Å². The van der Waals surface area contributed by atoms with Crippen LogP contribution in [0.25, 0.3) is 11.3 Å². The third kappa shape index (κ3) is 4.21. The zero-order valence-electron chi connectivity index (χ0n) is 18.3. The Kier molecular flexibility index (Phi) is 6.22. The molecule has 4 rings (SSSR count). The van der Waals surface area contributed by atoms with Gasteiger partial charge in [0.15, 0.2) is 5.78 Å². The van der Waals surface area contributed by atoms with Gasteiger partial charge in [-0.05, 0) is 47.0 Å². The quantitative estimate of drug-likeness (QED) is 0.459. The third-order valence-corrected chi connectivity index (χ3v) is 5.44. The summed E-state index contributed by atoms with van der Waals surface area (Å²) in [5.41, 5.74) is 5.01. The molecular formula is C28H24O4. The fourth-order valence-electron chi connectivity index (χ4n) is 3.70. The Morgan fingerprint density at radius 1 is 0.688 bits per heavy atom. The number of hydrogen-bond donors (Lipinski definition) is 0. The molecule has 160 valence electrons. The molecule has 4 nitrogen and oxygen atoms in total. The molecule has 0 saturated heterocycles. The summed E-state index contributed by atoms with van der Waals surface area (Å²) in [7, 11) is 4.91. The van der Waals surface area contributed by atoms with Crippen molar-refractivity contribution in [2.75, 3.05) is 21.3 Å². The number of rotatable bonds is 6. The molecule has 0 aromatic heterocycles. The fraction of sp³-hybridized carbons (Fsp3) is 0.107. The lowest BCUT2D eigenvalue weighted by atomic mass is 9.90. The van der Waals surface area contributed by atoms with Gasteiger partial charge >= 0.3 is 0 Å². The summed E-state index contributed by atoms with van der Waals surface area (Å²) in [5, 5.41) is 0. The minimum atomic E-state index is -0.0264. The molecule has 3 aromatic rings. The van der Waals surface area contributed by atoms with Crippen LogP contribution in [-0.4, -0.2) is 27.1 Å². The predicted molar refractivity (Wildman–Crippen MR) is 127 cm³/mol. The number of allylic oxidation sites excluding steroid dienone is 4. The molecule has 0 atom stereocenters. The van der Waals surface area contributed by atoms with E-state index in [2.05, 4.69) is 0 Å². The van der Waals surface area contributed by atoms with Crippen molar-refractivity contribution in [1.29, 1.82) is 0 Å². The van der Waals surface area contributed by atoms with E-state index < -0.39 is 0 Å². The lowest BCUT2D eigenvalue weighted by Crippen LogP contribution is -2.11. The Bertz CT molecular complexity index is 1160. The largest absolute Gasteiger partial charge is 0.497 e. The van der Waals surface area contributed by atoms with Crippen LogP contribution in [0.2, 0.25) is 0 Å². The van der Waals surface area contributed by atoms with E-state index in [1.165, 1.54) is 0 Å². The first-order chi connectivity index (χ1) is 15.6. The minimum Gasteiger partial charge on any atom is -0.497 e. The number of carbonyl (C=O) groups excluding carboxylic acids is 1. The number of fused-ring (bicyclic) bond motifs is 1. The van der Waals surface area contributed by atoms with Crippen molar-refractivity contribution in [2.45, 2.75) is 0 Å². The van der Waals surface area contributed by atoms with Crippen molar-refractivity contribution in [2.24, 2.45) is 0 Å². The number of carbonyl (C=O) groups is 1. The summed E-state index contributed by atoms with van der Waals surface area (Å²) >= 11 is 0. The molecule has 32 heavy (non-hydrogen) atoms. The average Bonchev–Trinajstić information content (AvgIpc) is 2.86. The van der Waals surface area contributed by atoms with Crippen molar-refractivity contribution in [3.63, 3.8) is 0 Å². The van der Waals surface area contributed by atoms with Crippen molar-refractivity contribution in [1.82, 2.24) is 0 Å². The van der Waals surface area contributed by atoms with Crippen LogP contribution in [0.5, 0.6) is 11.5 Å². The highest BCUT2D eigenvalue weighted by Gasteiger charge is 2.22. The van der Waals surface area contributed by atoms with Crippen LogP contribution in [0.3, 0.4) is 0 Å². The summed E-state index contributed by atoms with van der Waals surface area (Å²) in [5.74, 6) is 2.22. The van der Waals surface area contributed by atoms with E-state index in [0.29, 0.717) is 16.9 Å². The van der Waals surface area contributed by atoms with Gasteiger partial charge in [0.05, 0.1) is 21.3 Å². The Labute approximate surface area is 188 Å². The molecule has 4 heteroatoms.